The number of rotatable bonds is 5. The summed E-state index contributed by atoms with van der Waals surface area (Å²) in [5.74, 6) is -0.444. The maximum atomic E-state index is 14.1. The average molecular weight is 419 g/mol. The van der Waals surface area contributed by atoms with Crippen LogP contribution in [0.5, 0.6) is 0 Å². The van der Waals surface area contributed by atoms with Crippen molar-refractivity contribution >= 4 is 28.4 Å². The van der Waals surface area contributed by atoms with E-state index in [0.29, 0.717) is 11.6 Å². The first kappa shape index (κ1) is 19.5. The molecule has 31 heavy (non-hydrogen) atoms. The van der Waals surface area contributed by atoms with Gasteiger partial charge in [-0.15, -0.1) is 0 Å². The smallest absolute Gasteiger partial charge is 0.229 e. The number of hydrogen-bond acceptors (Lipinski definition) is 4. The lowest BCUT2D eigenvalue weighted by Crippen LogP contribution is -2.29. The van der Waals surface area contributed by atoms with Crippen molar-refractivity contribution in [2.75, 3.05) is 23.3 Å². The van der Waals surface area contributed by atoms with Crippen molar-refractivity contribution in [1.82, 2.24) is 14.5 Å². The highest BCUT2D eigenvalue weighted by Crippen LogP contribution is 2.24. The number of nitrogens with one attached hydrogen (secondary N) is 1. The zero-order valence-corrected chi connectivity index (χ0v) is 17.1. The number of fused-ring (bicyclic) bond motifs is 1. The van der Waals surface area contributed by atoms with Crippen LogP contribution in [0.15, 0.2) is 60.9 Å². The molecule has 1 saturated heterocycles. The van der Waals surface area contributed by atoms with Crippen molar-refractivity contribution in [3.8, 4) is 0 Å². The highest BCUT2D eigenvalue weighted by molar-refractivity contribution is 5.77. The van der Waals surface area contributed by atoms with Gasteiger partial charge in [-0.25, -0.2) is 13.8 Å². The molecule has 158 valence electrons. The Kier molecular flexibility index (Phi) is 5.24. The van der Waals surface area contributed by atoms with Gasteiger partial charge in [-0.05, 0) is 67.8 Å². The SMILES string of the molecule is Fc1ccc(F)c(Cn2ccc3cnc(Nc4ccc(N5CCCCC5)cc4)nc32)c1. The largest absolute Gasteiger partial charge is 0.372 e. The molecular formula is C24H23F2N5. The molecule has 5 nitrogen and oxygen atoms in total. The van der Waals surface area contributed by atoms with Crippen molar-refractivity contribution in [2.24, 2.45) is 0 Å². The van der Waals surface area contributed by atoms with Crippen molar-refractivity contribution in [3.63, 3.8) is 0 Å². The van der Waals surface area contributed by atoms with E-state index in [-0.39, 0.29) is 12.1 Å². The molecule has 1 fully saturated rings. The minimum Gasteiger partial charge on any atom is -0.372 e. The summed E-state index contributed by atoms with van der Waals surface area (Å²) in [5, 5.41) is 4.08. The lowest BCUT2D eigenvalue weighted by atomic mass is 10.1. The fourth-order valence-corrected chi connectivity index (χ4v) is 4.04. The van der Waals surface area contributed by atoms with Crippen LogP contribution in [-0.4, -0.2) is 27.6 Å². The van der Waals surface area contributed by atoms with Crippen LogP contribution >= 0.6 is 0 Å². The second-order valence-corrected chi connectivity index (χ2v) is 7.87. The van der Waals surface area contributed by atoms with E-state index in [1.54, 1.807) is 17.0 Å². The van der Waals surface area contributed by atoms with Gasteiger partial charge >= 0.3 is 0 Å². The number of aromatic nitrogens is 3. The zero-order chi connectivity index (χ0) is 21.2. The molecule has 0 spiro atoms. The third-order valence-electron chi connectivity index (χ3n) is 5.70. The van der Waals surface area contributed by atoms with Crippen LogP contribution in [0.1, 0.15) is 24.8 Å². The van der Waals surface area contributed by atoms with E-state index >= 15 is 0 Å². The molecule has 4 aromatic rings. The fraction of sp³-hybridized carbons (Fsp3) is 0.250. The normalized spacial score (nSPS) is 14.2. The van der Waals surface area contributed by atoms with Crippen molar-refractivity contribution in [1.29, 1.82) is 0 Å². The van der Waals surface area contributed by atoms with Crippen molar-refractivity contribution < 1.29 is 8.78 Å². The second-order valence-electron chi connectivity index (χ2n) is 7.87. The number of hydrogen-bond donors (Lipinski definition) is 1. The van der Waals surface area contributed by atoms with Crippen molar-refractivity contribution in [2.45, 2.75) is 25.8 Å². The Morgan fingerprint density at radius 2 is 1.74 bits per heavy atom. The van der Waals surface area contributed by atoms with Crippen LogP contribution in [-0.2, 0) is 6.54 Å². The van der Waals surface area contributed by atoms with Gasteiger partial charge in [-0.1, -0.05) is 0 Å². The maximum absolute atomic E-state index is 14.1. The van der Waals surface area contributed by atoms with Gasteiger partial charge in [0.25, 0.3) is 0 Å². The number of halogens is 2. The average Bonchev–Trinajstić information content (AvgIpc) is 3.19. The Labute approximate surface area is 179 Å². The van der Waals surface area contributed by atoms with Crippen LogP contribution in [0.3, 0.4) is 0 Å². The molecule has 1 N–H and O–H groups in total. The summed E-state index contributed by atoms with van der Waals surface area (Å²) >= 11 is 0. The minimum atomic E-state index is -0.460. The highest BCUT2D eigenvalue weighted by atomic mass is 19.1. The first-order valence-corrected chi connectivity index (χ1v) is 10.5. The minimum absolute atomic E-state index is 0.189. The van der Waals surface area contributed by atoms with Crippen molar-refractivity contribution in [3.05, 3.63) is 78.1 Å². The number of benzene rings is 2. The molecule has 7 heteroatoms. The van der Waals surface area contributed by atoms with Crippen LogP contribution in [0.25, 0.3) is 11.0 Å². The van der Waals surface area contributed by atoms with Gasteiger partial charge < -0.3 is 14.8 Å². The third-order valence-corrected chi connectivity index (χ3v) is 5.70. The number of nitrogens with zero attached hydrogens (tertiary/aromatic N) is 4. The summed E-state index contributed by atoms with van der Waals surface area (Å²) in [6.07, 6.45) is 7.33. The molecule has 2 aromatic carbocycles. The van der Waals surface area contributed by atoms with Gasteiger partial charge in [-0.2, -0.15) is 4.98 Å². The predicted octanol–water partition coefficient (Wildman–Crippen LogP) is 5.49. The molecule has 5 rings (SSSR count). The summed E-state index contributed by atoms with van der Waals surface area (Å²) in [5.41, 5.74) is 3.06. The Bertz CT molecular complexity index is 1200. The first-order valence-electron chi connectivity index (χ1n) is 10.5. The maximum Gasteiger partial charge on any atom is 0.229 e. The van der Waals surface area contributed by atoms with E-state index in [2.05, 4.69) is 32.3 Å². The molecule has 0 saturated carbocycles. The van der Waals surface area contributed by atoms with Gasteiger partial charge in [0.1, 0.15) is 17.3 Å². The topological polar surface area (TPSA) is 46.0 Å². The van der Waals surface area contributed by atoms with Crippen LogP contribution < -0.4 is 10.2 Å². The molecular weight excluding hydrogens is 396 g/mol. The molecule has 0 aliphatic carbocycles. The second kappa shape index (κ2) is 8.34. The zero-order valence-electron chi connectivity index (χ0n) is 17.1. The first-order chi connectivity index (χ1) is 15.2. The Morgan fingerprint density at radius 1 is 0.935 bits per heavy atom. The Balaban J connectivity index is 1.36. The van der Waals surface area contributed by atoms with Gasteiger partial charge in [0.2, 0.25) is 5.95 Å². The monoisotopic (exact) mass is 419 g/mol. The van der Waals surface area contributed by atoms with E-state index in [0.717, 1.165) is 36.3 Å². The van der Waals surface area contributed by atoms with E-state index < -0.39 is 11.6 Å². The van der Waals surface area contributed by atoms with Crippen LogP contribution in [0.4, 0.5) is 26.1 Å². The van der Waals surface area contributed by atoms with E-state index in [1.165, 1.54) is 31.0 Å². The summed E-state index contributed by atoms with van der Waals surface area (Å²) < 4.78 is 29.4. The molecule has 3 heterocycles. The van der Waals surface area contributed by atoms with Gasteiger partial charge in [0, 0.05) is 47.8 Å². The molecule has 0 radical (unpaired) electrons. The predicted molar refractivity (Wildman–Crippen MR) is 119 cm³/mol. The third kappa shape index (κ3) is 4.21. The lowest BCUT2D eigenvalue weighted by Gasteiger charge is -2.28. The summed E-state index contributed by atoms with van der Waals surface area (Å²) in [6, 6.07) is 13.6. The van der Waals surface area contributed by atoms with Crippen LogP contribution in [0.2, 0.25) is 0 Å². The molecule has 0 unspecified atom stereocenters. The van der Waals surface area contributed by atoms with Gasteiger partial charge in [-0.3, -0.25) is 0 Å². The molecule has 0 atom stereocenters. The molecule has 2 aromatic heterocycles. The van der Waals surface area contributed by atoms with Gasteiger partial charge in [0.15, 0.2) is 0 Å². The highest BCUT2D eigenvalue weighted by Gasteiger charge is 2.12. The standard InChI is InChI=1S/C24H23F2N5/c25-19-4-9-22(26)18(14-19)16-31-13-10-17-15-27-24(29-23(17)31)28-20-5-7-21(8-6-20)30-11-2-1-3-12-30/h4-10,13-15H,1-3,11-12,16H2,(H,27,28,29). The lowest BCUT2D eigenvalue weighted by molar-refractivity contribution is 0.578. The molecule has 1 aliphatic rings. The molecule has 0 bridgehead atoms. The summed E-state index contributed by atoms with van der Waals surface area (Å²) in [7, 11) is 0. The Morgan fingerprint density at radius 3 is 2.55 bits per heavy atom. The summed E-state index contributed by atoms with van der Waals surface area (Å²) in [4.78, 5) is 11.4. The van der Waals surface area contributed by atoms with Crippen LogP contribution in [0, 0.1) is 11.6 Å². The fourth-order valence-electron chi connectivity index (χ4n) is 4.04. The van der Waals surface area contributed by atoms with E-state index in [4.69, 9.17) is 0 Å². The quantitative estimate of drug-likeness (QED) is 0.465. The number of anilines is 3. The van der Waals surface area contributed by atoms with E-state index in [9.17, 15) is 8.78 Å². The van der Waals surface area contributed by atoms with E-state index in [1.807, 2.05) is 18.2 Å². The summed E-state index contributed by atoms with van der Waals surface area (Å²) in [6.45, 7) is 2.40. The Hall–Kier alpha value is -3.48. The molecule has 0 amide bonds. The number of piperidine rings is 1. The molecule has 1 aliphatic heterocycles. The van der Waals surface area contributed by atoms with Gasteiger partial charge in [0.05, 0.1) is 6.54 Å².